The highest BCUT2D eigenvalue weighted by molar-refractivity contribution is 6.18. The van der Waals surface area contributed by atoms with Crippen LogP contribution in [0.4, 0.5) is 5.69 Å². The molecule has 1 atom stereocenters. The Bertz CT molecular complexity index is 582. The molecule has 1 fully saturated rings. The molecule has 1 aromatic rings. The van der Waals surface area contributed by atoms with Crippen LogP contribution in [-0.2, 0) is 9.59 Å². The normalized spacial score (nSPS) is 21.7. The lowest BCUT2D eigenvalue weighted by Gasteiger charge is -2.26. The summed E-state index contributed by atoms with van der Waals surface area (Å²) < 4.78 is 0. The summed E-state index contributed by atoms with van der Waals surface area (Å²) in [5.41, 5.74) is -0.157. The summed E-state index contributed by atoms with van der Waals surface area (Å²) in [6.07, 6.45) is 6.83. The van der Waals surface area contributed by atoms with Crippen LogP contribution < -0.4 is 5.01 Å². The largest absolute Gasteiger partial charge is 0.272 e. The molecule has 4 nitrogen and oxygen atoms in total. The molecule has 0 N–H and O–H groups in total. The topological polar surface area (TPSA) is 40.6 Å². The van der Waals surface area contributed by atoms with Gasteiger partial charge in [0.1, 0.15) is 5.41 Å². The van der Waals surface area contributed by atoms with E-state index in [9.17, 15) is 9.59 Å². The minimum Gasteiger partial charge on any atom is -0.272 e. The van der Waals surface area contributed by atoms with E-state index in [0.29, 0.717) is 19.4 Å². The predicted octanol–water partition coefficient (Wildman–Crippen LogP) is 3.94. The summed E-state index contributed by atoms with van der Waals surface area (Å²) in [5.74, 6) is -0.158. The number of carbonyl (C=O) groups excluding carboxylic acids is 2. The fourth-order valence-corrected chi connectivity index (χ4v) is 3.11. The summed E-state index contributed by atoms with van der Waals surface area (Å²) in [7, 11) is 0. The average Bonchev–Trinajstić information content (AvgIpc) is 2.79. The van der Waals surface area contributed by atoms with Crippen molar-refractivity contribution >= 4 is 17.5 Å². The quantitative estimate of drug-likeness (QED) is 0.565. The fraction of sp³-hybridized carbons (Fsp3) is 0.474. The molecule has 0 radical (unpaired) electrons. The average molecular weight is 314 g/mol. The molecule has 1 aromatic carbocycles. The summed E-state index contributed by atoms with van der Waals surface area (Å²) in [6.45, 7) is 6.36. The number of para-hydroxylation sites is 1. The second kappa shape index (κ2) is 7.44. The third-order valence-corrected chi connectivity index (χ3v) is 4.56. The van der Waals surface area contributed by atoms with E-state index in [-0.39, 0.29) is 11.8 Å². The number of carbonyl (C=O) groups is 2. The minimum atomic E-state index is -0.909. The highest BCUT2D eigenvalue weighted by atomic mass is 16.2. The van der Waals surface area contributed by atoms with Crippen molar-refractivity contribution in [2.45, 2.75) is 46.5 Å². The Labute approximate surface area is 138 Å². The SMILES string of the molecule is C/C=C\CN1C(=O)C(CC)(CCCC)C(=O)N1c1ccccc1. The summed E-state index contributed by atoms with van der Waals surface area (Å²) in [6, 6.07) is 9.43. The zero-order chi connectivity index (χ0) is 16.9. The zero-order valence-electron chi connectivity index (χ0n) is 14.3. The maximum absolute atomic E-state index is 13.2. The van der Waals surface area contributed by atoms with Crippen molar-refractivity contribution in [2.24, 2.45) is 5.41 Å². The first-order valence-corrected chi connectivity index (χ1v) is 8.45. The summed E-state index contributed by atoms with van der Waals surface area (Å²) in [4.78, 5) is 26.3. The lowest BCUT2D eigenvalue weighted by molar-refractivity contribution is -0.139. The van der Waals surface area contributed by atoms with Crippen molar-refractivity contribution in [3.8, 4) is 0 Å². The number of hydrogen-bond acceptors (Lipinski definition) is 2. The highest BCUT2D eigenvalue weighted by Gasteiger charge is 2.56. The van der Waals surface area contributed by atoms with Gasteiger partial charge in [0.05, 0.1) is 12.2 Å². The number of amides is 2. The molecular formula is C19H26N2O2. The number of hydrogen-bond donors (Lipinski definition) is 0. The van der Waals surface area contributed by atoms with E-state index in [1.54, 1.807) is 10.0 Å². The van der Waals surface area contributed by atoms with E-state index in [4.69, 9.17) is 0 Å². The molecule has 124 valence electrons. The number of hydrazine groups is 1. The van der Waals surface area contributed by atoms with E-state index in [2.05, 4.69) is 6.92 Å². The van der Waals surface area contributed by atoms with Gasteiger partial charge in [0.25, 0.3) is 11.8 Å². The molecule has 2 amide bonds. The first kappa shape index (κ1) is 17.3. The van der Waals surface area contributed by atoms with Crippen molar-refractivity contribution in [2.75, 3.05) is 11.6 Å². The first-order chi connectivity index (χ1) is 11.1. The molecular weight excluding hydrogens is 288 g/mol. The molecule has 0 aliphatic carbocycles. The first-order valence-electron chi connectivity index (χ1n) is 8.45. The molecule has 2 rings (SSSR count). The van der Waals surface area contributed by atoms with Gasteiger partial charge in [-0.1, -0.05) is 57.0 Å². The van der Waals surface area contributed by atoms with Crippen molar-refractivity contribution in [3.63, 3.8) is 0 Å². The predicted molar refractivity (Wildman–Crippen MR) is 92.7 cm³/mol. The second-order valence-corrected chi connectivity index (χ2v) is 5.95. The Kier molecular flexibility index (Phi) is 5.59. The van der Waals surface area contributed by atoms with Crippen LogP contribution in [0.25, 0.3) is 0 Å². The Hall–Kier alpha value is -2.10. The maximum atomic E-state index is 13.2. The Morgan fingerprint density at radius 1 is 1.09 bits per heavy atom. The molecule has 1 heterocycles. The molecule has 0 bridgehead atoms. The fourth-order valence-electron chi connectivity index (χ4n) is 3.11. The van der Waals surface area contributed by atoms with E-state index in [0.717, 1.165) is 18.5 Å². The molecule has 0 spiro atoms. The van der Waals surface area contributed by atoms with Crippen LogP contribution >= 0.6 is 0 Å². The number of nitrogens with zero attached hydrogens (tertiary/aromatic N) is 2. The van der Waals surface area contributed by atoms with Crippen LogP contribution in [-0.4, -0.2) is 23.4 Å². The van der Waals surface area contributed by atoms with Gasteiger partial charge in [-0.15, -0.1) is 0 Å². The molecule has 1 saturated heterocycles. The Morgan fingerprint density at radius 2 is 1.78 bits per heavy atom. The van der Waals surface area contributed by atoms with Gasteiger partial charge in [0.2, 0.25) is 0 Å². The second-order valence-electron chi connectivity index (χ2n) is 5.95. The highest BCUT2D eigenvalue weighted by Crippen LogP contribution is 2.41. The molecule has 1 aliphatic heterocycles. The third kappa shape index (κ3) is 3.03. The van der Waals surface area contributed by atoms with Gasteiger partial charge in [0.15, 0.2) is 0 Å². The molecule has 1 unspecified atom stereocenters. The van der Waals surface area contributed by atoms with Crippen molar-refractivity contribution in [3.05, 3.63) is 42.5 Å². The van der Waals surface area contributed by atoms with E-state index >= 15 is 0 Å². The molecule has 1 aliphatic rings. The lowest BCUT2D eigenvalue weighted by atomic mass is 9.79. The Balaban J connectivity index is 2.45. The van der Waals surface area contributed by atoms with Gasteiger partial charge in [0, 0.05) is 0 Å². The van der Waals surface area contributed by atoms with Crippen LogP contribution in [0.1, 0.15) is 46.5 Å². The maximum Gasteiger partial charge on any atom is 0.261 e. The molecule has 4 heteroatoms. The zero-order valence-corrected chi connectivity index (χ0v) is 14.3. The number of unbranched alkanes of at least 4 members (excludes halogenated alkanes) is 1. The van der Waals surface area contributed by atoms with Crippen LogP contribution in [0.15, 0.2) is 42.5 Å². The number of rotatable bonds is 7. The van der Waals surface area contributed by atoms with Gasteiger partial charge in [-0.25, -0.2) is 10.0 Å². The van der Waals surface area contributed by atoms with E-state index < -0.39 is 5.41 Å². The smallest absolute Gasteiger partial charge is 0.261 e. The number of allylic oxidation sites excluding steroid dienone is 1. The molecule has 23 heavy (non-hydrogen) atoms. The number of anilines is 1. The van der Waals surface area contributed by atoms with E-state index in [1.807, 2.05) is 56.3 Å². The van der Waals surface area contributed by atoms with Crippen molar-refractivity contribution in [1.82, 2.24) is 5.01 Å². The monoisotopic (exact) mass is 314 g/mol. The molecule has 0 aromatic heterocycles. The van der Waals surface area contributed by atoms with Gasteiger partial charge >= 0.3 is 0 Å². The van der Waals surface area contributed by atoms with Gasteiger partial charge < -0.3 is 0 Å². The van der Waals surface area contributed by atoms with Gasteiger partial charge in [-0.05, 0) is 31.9 Å². The van der Waals surface area contributed by atoms with Gasteiger partial charge in [-0.3, -0.25) is 9.59 Å². The van der Waals surface area contributed by atoms with E-state index in [1.165, 1.54) is 0 Å². The van der Waals surface area contributed by atoms with Crippen LogP contribution in [0.3, 0.4) is 0 Å². The van der Waals surface area contributed by atoms with Crippen molar-refractivity contribution in [1.29, 1.82) is 0 Å². The molecule has 0 saturated carbocycles. The standard InChI is InChI=1S/C19H26N2O2/c1-4-7-14-19(6-3)17(22)20(15-8-5-2)21(18(19)23)16-12-10-9-11-13-16/h5,8-13H,4,6-7,14-15H2,1-3H3/b8-5-. The van der Waals surface area contributed by atoms with Crippen LogP contribution in [0.2, 0.25) is 0 Å². The van der Waals surface area contributed by atoms with Crippen LogP contribution in [0, 0.1) is 5.41 Å². The summed E-state index contributed by atoms with van der Waals surface area (Å²) >= 11 is 0. The third-order valence-electron chi connectivity index (χ3n) is 4.56. The number of benzene rings is 1. The van der Waals surface area contributed by atoms with Crippen LogP contribution in [0.5, 0.6) is 0 Å². The van der Waals surface area contributed by atoms with Crippen molar-refractivity contribution < 1.29 is 9.59 Å². The van der Waals surface area contributed by atoms with Gasteiger partial charge in [-0.2, -0.15) is 0 Å². The minimum absolute atomic E-state index is 0.0691. The lowest BCUT2D eigenvalue weighted by Crippen LogP contribution is -2.41. The Morgan fingerprint density at radius 3 is 2.35 bits per heavy atom. The summed E-state index contributed by atoms with van der Waals surface area (Å²) in [5, 5.41) is 3.16.